The van der Waals surface area contributed by atoms with Crippen molar-refractivity contribution in [1.29, 1.82) is 0 Å². The zero-order valence-corrected chi connectivity index (χ0v) is 12.7. The van der Waals surface area contributed by atoms with Crippen LogP contribution in [0.3, 0.4) is 0 Å². The maximum atomic E-state index is 12.1. The standard InChI is InChI=1S/C16H22ClNO2/c1-18(12-15-4-2-3-11-20-15)10-9-16(19)13-5-7-14(17)8-6-13/h5-8,15H,2-4,9-12H2,1H3. The van der Waals surface area contributed by atoms with Crippen LogP contribution in [0.1, 0.15) is 36.0 Å². The summed E-state index contributed by atoms with van der Waals surface area (Å²) in [6.07, 6.45) is 4.43. The van der Waals surface area contributed by atoms with Crippen molar-refractivity contribution in [2.75, 3.05) is 26.7 Å². The number of nitrogens with zero attached hydrogens (tertiary/aromatic N) is 1. The summed E-state index contributed by atoms with van der Waals surface area (Å²) in [6, 6.07) is 7.09. The lowest BCUT2D eigenvalue weighted by Crippen LogP contribution is -2.34. The molecule has 0 N–H and O–H groups in total. The van der Waals surface area contributed by atoms with E-state index in [1.165, 1.54) is 12.8 Å². The maximum Gasteiger partial charge on any atom is 0.164 e. The van der Waals surface area contributed by atoms with Crippen LogP contribution in [0.4, 0.5) is 0 Å². The molecule has 1 fully saturated rings. The molecule has 1 aromatic rings. The molecule has 0 radical (unpaired) electrons. The van der Waals surface area contributed by atoms with Crippen LogP contribution < -0.4 is 0 Å². The smallest absolute Gasteiger partial charge is 0.164 e. The lowest BCUT2D eigenvalue weighted by Gasteiger charge is -2.27. The van der Waals surface area contributed by atoms with Crippen molar-refractivity contribution in [2.24, 2.45) is 0 Å². The quantitative estimate of drug-likeness (QED) is 0.753. The van der Waals surface area contributed by atoms with Gasteiger partial charge in [0.15, 0.2) is 5.78 Å². The van der Waals surface area contributed by atoms with Crippen LogP contribution in [0.5, 0.6) is 0 Å². The van der Waals surface area contributed by atoms with Crippen LogP contribution in [0.2, 0.25) is 5.02 Å². The van der Waals surface area contributed by atoms with Gasteiger partial charge in [-0.3, -0.25) is 4.79 Å². The van der Waals surface area contributed by atoms with Gasteiger partial charge in [-0.1, -0.05) is 11.6 Å². The topological polar surface area (TPSA) is 29.5 Å². The molecule has 0 aromatic heterocycles. The zero-order valence-electron chi connectivity index (χ0n) is 12.0. The van der Waals surface area contributed by atoms with Crippen molar-refractivity contribution < 1.29 is 9.53 Å². The van der Waals surface area contributed by atoms with E-state index in [0.717, 1.165) is 31.7 Å². The Hall–Kier alpha value is -0.900. The molecule has 1 aliphatic rings. The third-order valence-electron chi connectivity index (χ3n) is 3.68. The fourth-order valence-electron chi connectivity index (χ4n) is 2.46. The minimum Gasteiger partial charge on any atom is -0.377 e. The zero-order chi connectivity index (χ0) is 14.4. The van der Waals surface area contributed by atoms with Crippen LogP contribution in [0, 0.1) is 0 Å². The summed E-state index contributed by atoms with van der Waals surface area (Å²) >= 11 is 5.82. The van der Waals surface area contributed by atoms with E-state index in [2.05, 4.69) is 4.90 Å². The van der Waals surface area contributed by atoms with Gasteiger partial charge in [-0.2, -0.15) is 0 Å². The van der Waals surface area contributed by atoms with Crippen molar-refractivity contribution in [3.8, 4) is 0 Å². The second-order valence-electron chi connectivity index (χ2n) is 5.43. The SMILES string of the molecule is CN(CCC(=O)c1ccc(Cl)cc1)CC1CCCCO1. The third kappa shape index (κ3) is 4.89. The molecule has 2 rings (SSSR count). The molecule has 1 aromatic carbocycles. The normalized spacial score (nSPS) is 19.2. The first kappa shape index (κ1) is 15.5. The molecule has 0 amide bonds. The summed E-state index contributed by atoms with van der Waals surface area (Å²) in [4.78, 5) is 14.2. The number of ether oxygens (including phenoxy) is 1. The molecule has 1 saturated heterocycles. The molecule has 1 heterocycles. The Morgan fingerprint density at radius 1 is 1.35 bits per heavy atom. The van der Waals surface area contributed by atoms with Gasteiger partial charge in [0.25, 0.3) is 0 Å². The first-order valence-corrected chi connectivity index (χ1v) is 7.62. The second kappa shape index (κ2) is 7.77. The van der Waals surface area contributed by atoms with Crippen LogP contribution in [0.25, 0.3) is 0 Å². The van der Waals surface area contributed by atoms with Crippen molar-refractivity contribution in [3.63, 3.8) is 0 Å². The summed E-state index contributed by atoms with van der Waals surface area (Å²) in [5.74, 6) is 0.165. The number of benzene rings is 1. The average Bonchev–Trinajstić information content (AvgIpc) is 2.46. The summed E-state index contributed by atoms with van der Waals surface area (Å²) in [5, 5.41) is 0.660. The fraction of sp³-hybridized carbons (Fsp3) is 0.562. The van der Waals surface area contributed by atoms with E-state index in [1.54, 1.807) is 24.3 Å². The van der Waals surface area contributed by atoms with Gasteiger partial charge < -0.3 is 9.64 Å². The van der Waals surface area contributed by atoms with E-state index in [4.69, 9.17) is 16.3 Å². The highest BCUT2D eigenvalue weighted by Gasteiger charge is 2.16. The number of halogens is 1. The van der Waals surface area contributed by atoms with Gasteiger partial charge in [-0.05, 0) is 50.6 Å². The number of rotatable bonds is 6. The molecule has 1 unspecified atom stereocenters. The minimum atomic E-state index is 0.165. The van der Waals surface area contributed by atoms with Crippen molar-refractivity contribution in [3.05, 3.63) is 34.9 Å². The molecule has 1 atom stereocenters. The van der Waals surface area contributed by atoms with Crippen LogP contribution in [-0.2, 0) is 4.74 Å². The van der Waals surface area contributed by atoms with Crippen LogP contribution in [-0.4, -0.2) is 43.5 Å². The number of likely N-dealkylation sites (N-methyl/N-ethyl adjacent to an activating group) is 1. The van der Waals surface area contributed by atoms with E-state index in [9.17, 15) is 4.79 Å². The Morgan fingerprint density at radius 2 is 2.10 bits per heavy atom. The van der Waals surface area contributed by atoms with E-state index >= 15 is 0 Å². The molecular weight excluding hydrogens is 274 g/mol. The Kier molecular flexibility index (Phi) is 6.02. The van der Waals surface area contributed by atoms with Crippen molar-refractivity contribution >= 4 is 17.4 Å². The van der Waals surface area contributed by atoms with Gasteiger partial charge in [0.1, 0.15) is 0 Å². The molecule has 4 heteroatoms. The average molecular weight is 296 g/mol. The number of Topliss-reactive ketones (excluding diaryl/α,β-unsaturated/α-hetero) is 1. The Morgan fingerprint density at radius 3 is 2.75 bits per heavy atom. The largest absolute Gasteiger partial charge is 0.377 e. The molecule has 0 spiro atoms. The molecular formula is C16H22ClNO2. The summed E-state index contributed by atoms with van der Waals surface area (Å²) in [6.45, 7) is 2.55. The highest BCUT2D eigenvalue weighted by molar-refractivity contribution is 6.30. The second-order valence-corrected chi connectivity index (χ2v) is 5.87. The molecule has 0 saturated carbocycles. The first-order chi connectivity index (χ1) is 9.65. The number of hydrogen-bond donors (Lipinski definition) is 0. The third-order valence-corrected chi connectivity index (χ3v) is 3.93. The fourth-order valence-corrected chi connectivity index (χ4v) is 2.59. The number of carbonyl (C=O) groups is 1. The number of carbonyl (C=O) groups excluding carboxylic acids is 1. The van der Waals surface area contributed by atoms with Gasteiger partial charge >= 0.3 is 0 Å². The molecule has 3 nitrogen and oxygen atoms in total. The Bertz CT molecular complexity index is 427. The highest BCUT2D eigenvalue weighted by Crippen LogP contribution is 2.14. The predicted octanol–water partition coefficient (Wildman–Crippen LogP) is 3.41. The minimum absolute atomic E-state index is 0.165. The van der Waals surface area contributed by atoms with Crippen molar-refractivity contribution in [2.45, 2.75) is 31.8 Å². The number of ketones is 1. The summed E-state index contributed by atoms with van der Waals surface area (Å²) in [5.41, 5.74) is 0.733. The van der Waals surface area contributed by atoms with Gasteiger partial charge in [-0.25, -0.2) is 0 Å². The van der Waals surface area contributed by atoms with Gasteiger partial charge in [-0.15, -0.1) is 0 Å². The van der Waals surface area contributed by atoms with Crippen LogP contribution >= 0.6 is 11.6 Å². The van der Waals surface area contributed by atoms with Crippen LogP contribution in [0.15, 0.2) is 24.3 Å². The molecule has 0 bridgehead atoms. The van der Waals surface area contributed by atoms with Gasteiger partial charge in [0, 0.05) is 36.7 Å². The predicted molar refractivity (Wildman–Crippen MR) is 81.5 cm³/mol. The Balaban J connectivity index is 1.73. The van der Waals surface area contributed by atoms with E-state index < -0.39 is 0 Å². The summed E-state index contributed by atoms with van der Waals surface area (Å²) < 4.78 is 5.71. The molecule has 110 valence electrons. The first-order valence-electron chi connectivity index (χ1n) is 7.24. The molecule has 1 aliphatic heterocycles. The highest BCUT2D eigenvalue weighted by atomic mass is 35.5. The lowest BCUT2D eigenvalue weighted by molar-refractivity contribution is -0.00144. The number of hydrogen-bond acceptors (Lipinski definition) is 3. The lowest BCUT2D eigenvalue weighted by atomic mass is 10.1. The van der Waals surface area contributed by atoms with Crippen molar-refractivity contribution in [1.82, 2.24) is 4.90 Å². The Labute approximate surface area is 125 Å². The molecule has 0 aliphatic carbocycles. The van der Waals surface area contributed by atoms with E-state index in [1.807, 2.05) is 7.05 Å². The maximum absolute atomic E-state index is 12.1. The summed E-state index contributed by atoms with van der Waals surface area (Å²) in [7, 11) is 2.05. The van der Waals surface area contributed by atoms with Gasteiger partial charge in [0.2, 0.25) is 0 Å². The van der Waals surface area contributed by atoms with E-state index in [-0.39, 0.29) is 5.78 Å². The monoisotopic (exact) mass is 295 g/mol. The van der Waals surface area contributed by atoms with E-state index in [0.29, 0.717) is 17.5 Å². The molecule has 20 heavy (non-hydrogen) atoms. The van der Waals surface area contributed by atoms with Gasteiger partial charge in [0.05, 0.1) is 6.10 Å².